The number of hydrogen-bond acceptors (Lipinski definition) is 6. The molecule has 1 atom stereocenters. The number of aromatic nitrogens is 2. The van der Waals surface area contributed by atoms with Crippen molar-refractivity contribution in [1.29, 1.82) is 0 Å². The topological polar surface area (TPSA) is 75.5 Å². The number of morpholine rings is 1. The van der Waals surface area contributed by atoms with Crippen LogP contribution in [-0.4, -0.2) is 51.7 Å². The van der Waals surface area contributed by atoms with Gasteiger partial charge in [0, 0.05) is 37.6 Å². The van der Waals surface area contributed by atoms with Crippen molar-refractivity contribution in [2.75, 3.05) is 19.7 Å². The number of carboxylic acid groups (broad SMARTS) is 1. The first-order valence-electron chi connectivity index (χ1n) is 6.64. The molecular formula is C14H15N3O3S. The Balaban J connectivity index is 1.64. The normalized spacial score (nSPS) is 19.5. The molecule has 0 saturated carbocycles. The summed E-state index contributed by atoms with van der Waals surface area (Å²) in [5.41, 5.74) is 0.973. The molecule has 6 nitrogen and oxygen atoms in total. The van der Waals surface area contributed by atoms with Gasteiger partial charge >= 0.3 is 5.97 Å². The highest BCUT2D eigenvalue weighted by atomic mass is 32.1. The van der Waals surface area contributed by atoms with E-state index in [1.807, 2.05) is 22.4 Å². The van der Waals surface area contributed by atoms with Gasteiger partial charge in [0.25, 0.3) is 0 Å². The number of carbonyl (C=O) groups is 1. The van der Waals surface area contributed by atoms with Crippen LogP contribution in [0.15, 0.2) is 29.9 Å². The Kier molecular flexibility index (Phi) is 4.23. The van der Waals surface area contributed by atoms with Crippen molar-refractivity contribution in [2.45, 2.75) is 12.6 Å². The van der Waals surface area contributed by atoms with E-state index in [0.29, 0.717) is 19.7 Å². The van der Waals surface area contributed by atoms with Crippen LogP contribution in [-0.2, 0) is 16.1 Å². The molecule has 110 valence electrons. The number of nitrogens with zero attached hydrogens (tertiary/aromatic N) is 3. The molecule has 0 unspecified atom stereocenters. The lowest BCUT2D eigenvalue weighted by molar-refractivity contribution is -0.156. The number of rotatable bonds is 4. The summed E-state index contributed by atoms with van der Waals surface area (Å²) in [6.45, 7) is 2.18. The van der Waals surface area contributed by atoms with E-state index in [-0.39, 0.29) is 0 Å². The van der Waals surface area contributed by atoms with Crippen LogP contribution in [0.2, 0.25) is 0 Å². The lowest BCUT2D eigenvalue weighted by Crippen LogP contribution is -2.45. The minimum Gasteiger partial charge on any atom is -0.479 e. The van der Waals surface area contributed by atoms with Crippen LogP contribution < -0.4 is 0 Å². The van der Waals surface area contributed by atoms with Gasteiger partial charge in [0.2, 0.25) is 0 Å². The van der Waals surface area contributed by atoms with Gasteiger partial charge in [-0.3, -0.25) is 4.90 Å². The predicted molar refractivity (Wildman–Crippen MR) is 78.0 cm³/mol. The zero-order valence-corrected chi connectivity index (χ0v) is 12.1. The van der Waals surface area contributed by atoms with E-state index in [1.54, 1.807) is 23.7 Å². The second-order valence-electron chi connectivity index (χ2n) is 4.83. The first kappa shape index (κ1) is 14.1. The molecule has 0 spiro atoms. The quantitative estimate of drug-likeness (QED) is 0.922. The number of hydrogen-bond donors (Lipinski definition) is 1. The Morgan fingerprint density at radius 3 is 2.95 bits per heavy atom. The number of ether oxygens (including phenoxy) is 1. The third kappa shape index (κ3) is 3.44. The molecule has 1 N–H and O–H groups in total. The second-order valence-corrected chi connectivity index (χ2v) is 5.77. The highest BCUT2D eigenvalue weighted by Crippen LogP contribution is 2.20. The summed E-state index contributed by atoms with van der Waals surface area (Å²) in [5.74, 6) is -0.192. The van der Waals surface area contributed by atoms with Gasteiger partial charge in [-0.2, -0.15) is 0 Å². The number of carboxylic acids is 1. The van der Waals surface area contributed by atoms with Gasteiger partial charge in [-0.1, -0.05) is 6.07 Å². The fourth-order valence-corrected chi connectivity index (χ4v) is 2.89. The van der Waals surface area contributed by atoms with Crippen LogP contribution >= 0.6 is 11.3 Å². The molecule has 1 fully saturated rings. The fourth-order valence-electron chi connectivity index (χ4n) is 2.22. The van der Waals surface area contributed by atoms with Crippen molar-refractivity contribution < 1.29 is 14.6 Å². The van der Waals surface area contributed by atoms with E-state index in [9.17, 15) is 4.79 Å². The molecule has 7 heteroatoms. The first-order chi connectivity index (χ1) is 10.2. The van der Waals surface area contributed by atoms with E-state index in [2.05, 4.69) is 9.97 Å². The third-order valence-corrected chi connectivity index (χ3v) is 4.14. The van der Waals surface area contributed by atoms with Gasteiger partial charge in [0.1, 0.15) is 0 Å². The van der Waals surface area contributed by atoms with E-state index >= 15 is 0 Å². The largest absolute Gasteiger partial charge is 0.479 e. The van der Waals surface area contributed by atoms with Crippen molar-refractivity contribution in [1.82, 2.24) is 14.9 Å². The molecule has 1 aliphatic rings. The van der Waals surface area contributed by atoms with Crippen LogP contribution in [0.3, 0.4) is 0 Å². The van der Waals surface area contributed by atoms with Crippen molar-refractivity contribution in [3.05, 3.63) is 35.5 Å². The summed E-state index contributed by atoms with van der Waals surface area (Å²) in [4.78, 5) is 22.8. The molecule has 1 aliphatic heterocycles. The molecule has 21 heavy (non-hydrogen) atoms. The van der Waals surface area contributed by atoms with Crippen LogP contribution in [0.25, 0.3) is 10.7 Å². The van der Waals surface area contributed by atoms with Crippen molar-refractivity contribution in [3.63, 3.8) is 0 Å². The lowest BCUT2D eigenvalue weighted by Gasteiger charge is -2.30. The third-order valence-electron chi connectivity index (χ3n) is 3.28. The Morgan fingerprint density at radius 2 is 2.29 bits per heavy atom. The van der Waals surface area contributed by atoms with E-state index in [1.165, 1.54) is 0 Å². The molecule has 1 saturated heterocycles. The van der Waals surface area contributed by atoms with E-state index in [4.69, 9.17) is 9.84 Å². The number of thiophene rings is 1. The minimum atomic E-state index is -0.913. The highest BCUT2D eigenvalue weighted by molar-refractivity contribution is 7.13. The molecule has 3 heterocycles. The molecule has 0 aliphatic carbocycles. The average Bonchev–Trinajstić information content (AvgIpc) is 3.02. The molecule has 0 bridgehead atoms. The first-order valence-corrected chi connectivity index (χ1v) is 7.52. The fraction of sp³-hybridized carbons (Fsp3) is 0.357. The summed E-state index contributed by atoms with van der Waals surface area (Å²) >= 11 is 1.60. The van der Waals surface area contributed by atoms with Gasteiger partial charge in [-0.25, -0.2) is 14.8 Å². The maximum absolute atomic E-state index is 11.0. The van der Waals surface area contributed by atoms with Gasteiger partial charge in [-0.05, 0) is 11.4 Å². The molecule has 0 radical (unpaired) electrons. The highest BCUT2D eigenvalue weighted by Gasteiger charge is 2.26. The summed E-state index contributed by atoms with van der Waals surface area (Å²) in [5, 5.41) is 11.0. The Labute approximate surface area is 126 Å². The zero-order valence-electron chi connectivity index (χ0n) is 11.3. The molecule has 2 aromatic heterocycles. The second kappa shape index (κ2) is 6.30. The SMILES string of the molecule is O=C(O)[C@@H]1CN(Cc2cnc(-c3cccs3)nc2)CCO1. The Hall–Kier alpha value is -1.83. The number of aliphatic carboxylic acids is 1. The van der Waals surface area contributed by atoms with E-state index in [0.717, 1.165) is 22.8 Å². The summed E-state index contributed by atoms with van der Waals surface area (Å²) in [6.07, 6.45) is 2.85. The molecule has 2 aromatic rings. The molecular weight excluding hydrogens is 290 g/mol. The van der Waals surface area contributed by atoms with E-state index < -0.39 is 12.1 Å². The van der Waals surface area contributed by atoms with Gasteiger partial charge < -0.3 is 9.84 Å². The average molecular weight is 305 g/mol. The monoisotopic (exact) mass is 305 g/mol. The summed E-state index contributed by atoms with van der Waals surface area (Å²) in [7, 11) is 0. The van der Waals surface area contributed by atoms with Crippen molar-refractivity contribution in [2.24, 2.45) is 0 Å². The maximum Gasteiger partial charge on any atom is 0.334 e. The van der Waals surface area contributed by atoms with Crippen molar-refractivity contribution >= 4 is 17.3 Å². The zero-order chi connectivity index (χ0) is 14.7. The molecule has 0 amide bonds. The lowest BCUT2D eigenvalue weighted by atomic mass is 10.2. The summed E-state index contributed by atoms with van der Waals surface area (Å²) < 4.78 is 5.20. The van der Waals surface area contributed by atoms with Gasteiger partial charge in [0.15, 0.2) is 11.9 Å². The van der Waals surface area contributed by atoms with Crippen LogP contribution in [0.1, 0.15) is 5.56 Å². The maximum atomic E-state index is 11.0. The van der Waals surface area contributed by atoms with Crippen molar-refractivity contribution in [3.8, 4) is 10.7 Å². The standard InChI is InChI=1S/C14H15N3O3S/c18-14(19)11-9-17(3-4-20-11)8-10-6-15-13(16-7-10)12-2-1-5-21-12/h1-2,5-7,11H,3-4,8-9H2,(H,18,19)/t11-/m0/s1. The molecule has 0 aromatic carbocycles. The van der Waals surface area contributed by atoms with Crippen LogP contribution in [0.5, 0.6) is 0 Å². The minimum absolute atomic E-state index is 0.391. The Bertz CT molecular complexity index is 600. The van der Waals surface area contributed by atoms with Gasteiger partial charge in [0.05, 0.1) is 11.5 Å². The van der Waals surface area contributed by atoms with Crippen LogP contribution in [0.4, 0.5) is 0 Å². The van der Waals surface area contributed by atoms with Crippen LogP contribution in [0, 0.1) is 0 Å². The Morgan fingerprint density at radius 1 is 1.48 bits per heavy atom. The molecule has 3 rings (SSSR count). The summed E-state index contributed by atoms with van der Waals surface area (Å²) in [6, 6.07) is 3.95. The van der Waals surface area contributed by atoms with Gasteiger partial charge in [-0.15, -0.1) is 11.3 Å². The smallest absolute Gasteiger partial charge is 0.334 e. The predicted octanol–water partition coefficient (Wildman–Crippen LogP) is 1.49.